The van der Waals surface area contributed by atoms with Gasteiger partial charge < -0.3 is 9.67 Å². The van der Waals surface area contributed by atoms with Gasteiger partial charge in [-0.1, -0.05) is 0 Å². The minimum atomic E-state index is -0.505. The zero-order valence-corrected chi connectivity index (χ0v) is 12.0. The molecule has 0 aliphatic carbocycles. The number of aromatic hydroxyl groups is 1. The van der Waals surface area contributed by atoms with Crippen LogP contribution >= 0.6 is 0 Å². The average molecular weight is 286 g/mol. The number of hydrogen-bond donors (Lipinski definition) is 1. The van der Waals surface area contributed by atoms with E-state index in [4.69, 9.17) is 0 Å². The highest BCUT2D eigenvalue weighted by Crippen LogP contribution is 2.34. The van der Waals surface area contributed by atoms with E-state index in [0.29, 0.717) is 11.3 Å². The molecule has 0 spiro atoms. The van der Waals surface area contributed by atoms with Crippen LogP contribution in [0.25, 0.3) is 22.5 Å². The van der Waals surface area contributed by atoms with E-state index in [-0.39, 0.29) is 5.75 Å². The number of imidazole rings is 1. The van der Waals surface area contributed by atoms with E-state index in [0.717, 1.165) is 23.0 Å². The van der Waals surface area contributed by atoms with Crippen molar-refractivity contribution in [2.45, 2.75) is 6.92 Å². The summed E-state index contributed by atoms with van der Waals surface area (Å²) in [6.45, 7) is 1.90. The predicted octanol–water partition coefficient (Wildman–Crippen LogP) is 2.64. The lowest BCUT2D eigenvalue weighted by atomic mass is 10.0. The molecule has 0 saturated carbocycles. The summed E-state index contributed by atoms with van der Waals surface area (Å²) in [7, 11) is 3.68. The van der Waals surface area contributed by atoms with Crippen LogP contribution in [0, 0.1) is 12.7 Å². The lowest BCUT2D eigenvalue weighted by Crippen LogP contribution is -1.93. The molecule has 3 rings (SSSR count). The van der Waals surface area contributed by atoms with Crippen LogP contribution in [-0.4, -0.2) is 24.4 Å². The van der Waals surface area contributed by atoms with Crippen molar-refractivity contribution < 1.29 is 9.50 Å². The van der Waals surface area contributed by atoms with Gasteiger partial charge in [0.2, 0.25) is 0 Å². The number of aromatic nitrogens is 4. The maximum Gasteiger partial charge on any atom is 0.136 e. The average Bonchev–Trinajstić information content (AvgIpc) is 2.93. The highest BCUT2D eigenvalue weighted by molar-refractivity contribution is 5.80. The van der Waals surface area contributed by atoms with Crippen LogP contribution in [0.5, 0.6) is 5.75 Å². The zero-order chi connectivity index (χ0) is 15.1. The Kier molecular flexibility index (Phi) is 3.01. The van der Waals surface area contributed by atoms with Crippen LogP contribution in [0.4, 0.5) is 4.39 Å². The Hall–Kier alpha value is -2.63. The maximum absolute atomic E-state index is 14.1. The maximum atomic E-state index is 14.1. The molecule has 0 saturated heterocycles. The largest absolute Gasteiger partial charge is 0.508 e. The van der Waals surface area contributed by atoms with Gasteiger partial charge in [0.1, 0.15) is 17.3 Å². The van der Waals surface area contributed by atoms with Gasteiger partial charge >= 0.3 is 0 Å². The number of halogens is 1. The molecule has 0 unspecified atom stereocenters. The molecule has 6 heteroatoms. The van der Waals surface area contributed by atoms with Gasteiger partial charge in [-0.25, -0.2) is 9.37 Å². The van der Waals surface area contributed by atoms with Crippen LogP contribution in [0.2, 0.25) is 0 Å². The molecule has 21 heavy (non-hydrogen) atoms. The predicted molar refractivity (Wildman–Crippen MR) is 77.2 cm³/mol. The van der Waals surface area contributed by atoms with Crippen LogP contribution < -0.4 is 0 Å². The first-order valence-electron chi connectivity index (χ1n) is 6.48. The summed E-state index contributed by atoms with van der Waals surface area (Å²) in [5.74, 6) is -0.611. The number of hydrogen-bond acceptors (Lipinski definition) is 3. The van der Waals surface area contributed by atoms with Crippen molar-refractivity contribution in [1.82, 2.24) is 19.3 Å². The van der Waals surface area contributed by atoms with E-state index in [1.807, 2.05) is 24.7 Å². The summed E-state index contributed by atoms with van der Waals surface area (Å²) in [5.41, 5.74) is 3.43. The Balaban J connectivity index is 2.26. The summed E-state index contributed by atoms with van der Waals surface area (Å²) in [4.78, 5) is 4.27. The van der Waals surface area contributed by atoms with E-state index in [2.05, 4.69) is 10.1 Å². The first-order chi connectivity index (χ1) is 9.97. The molecule has 2 aromatic heterocycles. The monoisotopic (exact) mass is 286 g/mol. The standard InChI is InChI=1S/C15H15FN4O/c1-9-15(19(2)8-17-9)12-7-20(3)18-14(12)11-5-4-10(21)6-13(11)16/h4-8,21H,1-3H3. The van der Waals surface area contributed by atoms with Gasteiger partial charge in [0.05, 0.1) is 17.7 Å². The van der Waals surface area contributed by atoms with Crippen molar-refractivity contribution in [3.63, 3.8) is 0 Å². The highest BCUT2D eigenvalue weighted by Gasteiger charge is 2.19. The molecule has 0 aliphatic rings. The van der Waals surface area contributed by atoms with Gasteiger partial charge in [0.15, 0.2) is 0 Å². The van der Waals surface area contributed by atoms with Crippen LogP contribution in [0.1, 0.15) is 5.69 Å². The third kappa shape index (κ3) is 2.18. The molecule has 1 N–H and O–H groups in total. The molecule has 0 radical (unpaired) electrons. The first kappa shape index (κ1) is 13.4. The van der Waals surface area contributed by atoms with Gasteiger partial charge in [0.25, 0.3) is 0 Å². The summed E-state index contributed by atoms with van der Waals surface area (Å²) in [6.07, 6.45) is 3.56. The Labute approximate surface area is 121 Å². The van der Waals surface area contributed by atoms with Crippen molar-refractivity contribution in [1.29, 1.82) is 0 Å². The zero-order valence-electron chi connectivity index (χ0n) is 12.0. The van der Waals surface area contributed by atoms with Crippen molar-refractivity contribution in [3.05, 3.63) is 42.2 Å². The molecule has 0 fully saturated rings. The Morgan fingerprint density at radius 2 is 1.95 bits per heavy atom. The molecular weight excluding hydrogens is 271 g/mol. The lowest BCUT2D eigenvalue weighted by Gasteiger charge is -2.06. The molecule has 0 atom stereocenters. The molecule has 5 nitrogen and oxygen atoms in total. The first-order valence-corrected chi connectivity index (χ1v) is 6.48. The molecular formula is C15H15FN4O. The highest BCUT2D eigenvalue weighted by atomic mass is 19.1. The van der Waals surface area contributed by atoms with Gasteiger partial charge in [-0.3, -0.25) is 4.68 Å². The fourth-order valence-electron chi connectivity index (χ4n) is 2.49. The minimum Gasteiger partial charge on any atom is -0.508 e. The number of benzene rings is 1. The topological polar surface area (TPSA) is 55.9 Å². The van der Waals surface area contributed by atoms with Crippen LogP contribution in [-0.2, 0) is 14.1 Å². The number of phenols is 1. The van der Waals surface area contributed by atoms with E-state index in [9.17, 15) is 9.50 Å². The van der Waals surface area contributed by atoms with Gasteiger partial charge in [-0.2, -0.15) is 5.10 Å². The summed E-state index contributed by atoms with van der Waals surface area (Å²) < 4.78 is 17.7. The van der Waals surface area contributed by atoms with Crippen molar-refractivity contribution in [2.75, 3.05) is 0 Å². The molecule has 1 aromatic carbocycles. The Morgan fingerprint density at radius 1 is 1.19 bits per heavy atom. The normalized spacial score (nSPS) is 11.0. The van der Waals surface area contributed by atoms with Gasteiger partial charge in [-0.05, 0) is 19.1 Å². The fourth-order valence-corrected chi connectivity index (χ4v) is 2.49. The summed E-state index contributed by atoms with van der Waals surface area (Å²) in [6, 6.07) is 4.07. The van der Waals surface area contributed by atoms with Gasteiger partial charge in [-0.15, -0.1) is 0 Å². The van der Waals surface area contributed by atoms with E-state index in [1.54, 1.807) is 18.1 Å². The fraction of sp³-hybridized carbons (Fsp3) is 0.200. The molecule has 0 aliphatic heterocycles. The van der Waals surface area contributed by atoms with Crippen molar-refractivity contribution >= 4 is 0 Å². The summed E-state index contributed by atoms with van der Waals surface area (Å²) in [5, 5.41) is 13.7. The SMILES string of the molecule is Cc1ncn(C)c1-c1cn(C)nc1-c1ccc(O)cc1F. The third-order valence-electron chi connectivity index (χ3n) is 3.41. The number of rotatable bonds is 2. The second-order valence-corrected chi connectivity index (χ2v) is 5.02. The van der Waals surface area contributed by atoms with Gasteiger partial charge in [0, 0.05) is 37.5 Å². The Morgan fingerprint density at radius 3 is 2.57 bits per heavy atom. The second kappa shape index (κ2) is 4.73. The van der Waals surface area contributed by atoms with E-state index in [1.165, 1.54) is 12.1 Å². The second-order valence-electron chi connectivity index (χ2n) is 5.02. The molecule has 0 amide bonds. The summed E-state index contributed by atoms with van der Waals surface area (Å²) >= 11 is 0. The number of nitrogens with zero attached hydrogens (tertiary/aromatic N) is 4. The van der Waals surface area contributed by atoms with E-state index < -0.39 is 5.82 Å². The molecule has 0 bridgehead atoms. The van der Waals surface area contributed by atoms with Crippen molar-refractivity contribution in [2.24, 2.45) is 14.1 Å². The van der Waals surface area contributed by atoms with Crippen LogP contribution in [0.3, 0.4) is 0 Å². The van der Waals surface area contributed by atoms with Crippen molar-refractivity contribution in [3.8, 4) is 28.3 Å². The quantitative estimate of drug-likeness (QED) is 0.788. The minimum absolute atomic E-state index is 0.106. The third-order valence-corrected chi connectivity index (χ3v) is 3.41. The Bertz CT molecular complexity index is 800. The number of phenolic OH excluding ortho intramolecular Hbond substituents is 1. The molecule has 3 aromatic rings. The lowest BCUT2D eigenvalue weighted by molar-refractivity contribution is 0.469. The van der Waals surface area contributed by atoms with Crippen LogP contribution in [0.15, 0.2) is 30.7 Å². The molecule has 108 valence electrons. The number of aryl methyl sites for hydroxylation is 3. The molecule has 2 heterocycles. The smallest absolute Gasteiger partial charge is 0.136 e. The van der Waals surface area contributed by atoms with E-state index >= 15 is 0 Å².